The van der Waals surface area contributed by atoms with Gasteiger partial charge in [0.05, 0.1) is 18.0 Å². The third kappa shape index (κ3) is 3.03. The zero-order chi connectivity index (χ0) is 19.3. The molecule has 0 aliphatic heterocycles. The van der Waals surface area contributed by atoms with E-state index < -0.39 is 11.6 Å². The number of nitrogens with zero attached hydrogens (tertiary/aromatic N) is 2. The van der Waals surface area contributed by atoms with Crippen LogP contribution in [-0.4, -0.2) is 15.2 Å². The van der Waals surface area contributed by atoms with Gasteiger partial charge in [0, 0.05) is 17.7 Å². The molecule has 5 heteroatoms. The first-order valence-electron chi connectivity index (χ1n) is 10.1. The summed E-state index contributed by atoms with van der Waals surface area (Å²) in [5.41, 5.74) is 3.75. The smallest absolute Gasteiger partial charge is 0.168 e. The highest BCUT2D eigenvalue weighted by Gasteiger charge is 2.34. The van der Waals surface area contributed by atoms with Crippen LogP contribution >= 0.6 is 0 Å². The summed E-state index contributed by atoms with van der Waals surface area (Å²) < 4.78 is 28.7. The Morgan fingerprint density at radius 2 is 1.71 bits per heavy atom. The van der Waals surface area contributed by atoms with Gasteiger partial charge < -0.3 is 4.40 Å². The summed E-state index contributed by atoms with van der Waals surface area (Å²) in [5, 5.41) is 0. The van der Waals surface area contributed by atoms with Gasteiger partial charge in [0.2, 0.25) is 0 Å². The molecule has 0 amide bonds. The fourth-order valence-electron chi connectivity index (χ4n) is 4.67. The van der Waals surface area contributed by atoms with Gasteiger partial charge in [-0.3, -0.25) is 4.79 Å². The van der Waals surface area contributed by atoms with E-state index in [1.165, 1.54) is 17.7 Å². The minimum atomic E-state index is -0.811. The first-order chi connectivity index (χ1) is 13.6. The van der Waals surface area contributed by atoms with Crippen LogP contribution in [-0.2, 0) is 0 Å². The molecule has 0 saturated heterocycles. The second-order valence-electron chi connectivity index (χ2n) is 8.19. The summed E-state index contributed by atoms with van der Waals surface area (Å²) in [6.07, 6.45) is 11.0. The van der Waals surface area contributed by atoms with E-state index in [9.17, 15) is 13.6 Å². The molecule has 2 aliphatic carbocycles. The van der Waals surface area contributed by atoms with Crippen LogP contribution < -0.4 is 0 Å². The maximum absolute atomic E-state index is 13.6. The Kier molecular flexibility index (Phi) is 4.26. The standard InChI is InChI=1S/C23H22F2N2O/c24-19-8-7-17(11-20(19)25)14-1-5-16(6-2-14)23(28)22-18(15-3-4-15)9-10-27-13-26-12-21(22)27/h7-16H,1-6H2. The van der Waals surface area contributed by atoms with Gasteiger partial charge in [-0.1, -0.05) is 6.07 Å². The molecule has 0 N–H and O–H groups in total. The number of hydrogen-bond acceptors (Lipinski definition) is 2. The Morgan fingerprint density at radius 3 is 2.43 bits per heavy atom. The molecule has 5 rings (SSSR count). The molecule has 0 radical (unpaired) electrons. The van der Waals surface area contributed by atoms with E-state index in [-0.39, 0.29) is 17.6 Å². The van der Waals surface area contributed by atoms with Crippen molar-refractivity contribution in [3.8, 4) is 0 Å². The second-order valence-corrected chi connectivity index (χ2v) is 8.19. The molecule has 1 aromatic carbocycles. The van der Waals surface area contributed by atoms with E-state index in [2.05, 4.69) is 11.1 Å². The van der Waals surface area contributed by atoms with Gasteiger partial charge >= 0.3 is 0 Å². The van der Waals surface area contributed by atoms with Crippen molar-refractivity contribution in [3.63, 3.8) is 0 Å². The van der Waals surface area contributed by atoms with E-state index in [1.807, 2.05) is 10.6 Å². The largest absolute Gasteiger partial charge is 0.306 e. The molecule has 2 fully saturated rings. The lowest BCUT2D eigenvalue weighted by Crippen LogP contribution is -2.23. The number of imidazole rings is 1. The van der Waals surface area contributed by atoms with E-state index in [4.69, 9.17) is 0 Å². The van der Waals surface area contributed by atoms with Crippen LogP contribution in [0.2, 0.25) is 0 Å². The summed E-state index contributed by atoms with van der Waals surface area (Å²) in [4.78, 5) is 17.7. The van der Waals surface area contributed by atoms with Gasteiger partial charge in [0.1, 0.15) is 0 Å². The molecule has 2 aliphatic rings. The third-order valence-corrected chi connectivity index (χ3v) is 6.40. The molecule has 2 aromatic heterocycles. The van der Waals surface area contributed by atoms with E-state index in [0.29, 0.717) is 5.92 Å². The van der Waals surface area contributed by atoms with Crippen LogP contribution in [0.3, 0.4) is 0 Å². The van der Waals surface area contributed by atoms with Crippen molar-refractivity contribution in [1.82, 2.24) is 9.38 Å². The lowest BCUT2D eigenvalue weighted by atomic mass is 9.75. The number of benzene rings is 1. The van der Waals surface area contributed by atoms with E-state index in [1.54, 1.807) is 18.6 Å². The van der Waals surface area contributed by atoms with Gasteiger partial charge in [-0.25, -0.2) is 13.8 Å². The Labute approximate surface area is 162 Å². The second kappa shape index (κ2) is 6.80. The van der Waals surface area contributed by atoms with Gasteiger partial charge in [-0.05, 0) is 79.7 Å². The quantitative estimate of drug-likeness (QED) is 0.549. The molecular weight excluding hydrogens is 358 g/mol. The summed E-state index contributed by atoms with van der Waals surface area (Å²) in [6.45, 7) is 0. The number of hydrogen-bond donors (Lipinski definition) is 0. The monoisotopic (exact) mass is 380 g/mol. The van der Waals surface area contributed by atoms with Crippen molar-refractivity contribution in [2.24, 2.45) is 5.92 Å². The number of halogens is 2. The Balaban J connectivity index is 1.38. The Bertz CT molecular complexity index is 1050. The number of aromatic nitrogens is 2. The van der Waals surface area contributed by atoms with E-state index in [0.717, 1.165) is 55.2 Å². The highest BCUT2D eigenvalue weighted by molar-refractivity contribution is 6.05. The molecular formula is C23H22F2N2O. The van der Waals surface area contributed by atoms with Crippen LogP contribution in [0.15, 0.2) is 43.0 Å². The summed E-state index contributed by atoms with van der Waals surface area (Å²) in [7, 11) is 0. The average molecular weight is 380 g/mol. The summed E-state index contributed by atoms with van der Waals surface area (Å²) in [5.74, 6) is -0.714. The first kappa shape index (κ1) is 17.5. The number of ketones is 1. The predicted molar refractivity (Wildman–Crippen MR) is 103 cm³/mol. The topological polar surface area (TPSA) is 34.4 Å². The lowest BCUT2D eigenvalue weighted by molar-refractivity contribution is 0.0884. The fourth-order valence-corrected chi connectivity index (χ4v) is 4.67. The fraction of sp³-hybridized carbons (Fsp3) is 0.391. The number of fused-ring (bicyclic) bond motifs is 1. The zero-order valence-electron chi connectivity index (χ0n) is 15.6. The van der Waals surface area contributed by atoms with Gasteiger partial charge in [0.15, 0.2) is 17.4 Å². The lowest BCUT2D eigenvalue weighted by Gasteiger charge is -2.28. The van der Waals surface area contributed by atoms with Gasteiger partial charge in [-0.2, -0.15) is 0 Å². The SMILES string of the molecule is O=C(c1c(C2CC2)ccn2cncc12)C1CCC(c2ccc(F)c(F)c2)CC1. The van der Waals surface area contributed by atoms with Crippen LogP contribution in [0.25, 0.3) is 5.52 Å². The Hall–Kier alpha value is -2.56. The van der Waals surface area contributed by atoms with Gasteiger partial charge in [0.25, 0.3) is 0 Å². The highest BCUT2D eigenvalue weighted by Crippen LogP contribution is 2.44. The molecule has 3 aromatic rings. The molecule has 2 heterocycles. The number of carbonyl (C=O) groups excluding carboxylic acids is 1. The number of pyridine rings is 1. The summed E-state index contributed by atoms with van der Waals surface area (Å²) >= 11 is 0. The third-order valence-electron chi connectivity index (χ3n) is 6.40. The number of Topliss-reactive ketones (excluding diaryl/α,β-unsaturated/α-hetero) is 1. The van der Waals surface area contributed by atoms with Crippen molar-refractivity contribution in [3.05, 3.63) is 71.3 Å². The normalized spacial score (nSPS) is 22.5. The molecule has 0 unspecified atom stereocenters. The minimum Gasteiger partial charge on any atom is -0.306 e. The molecule has 0 atom stereocenters. The molecule has 2 saturated carbocycles. The predicted octanol–water partition coefficient (Wildman–Crippen LogP) is 5.65. The molecule has 144 valence electrons. The maximum atomic E-state index is 13.6. The van der Waals surface area contributed by atoms with Crippen molar-refractivity contribution < 1.29 is 13.6 Å². The molecule has 0 bridgehead atoms. The molecule has 28 heavy (non-hydrogen) atoms. The van der Waals surface area contributed by atoms with Crippen LogP contribution in [0, 0.1) is 17.6 Å². The van der Waals surface area contributed by atoms with Crippen LogP contribution in [0.1, 0.15) is 71.8 Å². The number of rotatable bonds is 4. The highest BCUT2D eigenvalue weighted by atomic mass is 19.2. The maximum Gasteiger partial charge on any atom is 0.168 e. The number of carbonyl (C=O) groups is 1. The van der Waals surface area contributed by atoms with Crippen LogP contribution in [0.5, 0.6) is 0 Å². The molecule has 0 spiro atoms. The summed E-state index contributed by atoms with van der Waals surface area (Å²) in [6, 6.07) is 6.25. The first-order valence-corrected chi connectivity index (χ1v) is 10.1. The van der Waals surface area contributed by atoms with Crippen LogP contribution in [0.4, 0.5) is 8.78 Å². The van der Waals surface area contributed by atoms with Gasteiger partial charge in [-0.15, -0.1) is 0 Å². The van der Waals surface area contributed by atoms with E-state index >= 15 is 0 Å². The zero-order valence-corrected chi connectivity index (χ0v) is 15.6. The van der Waals surface area contributed by atoms with Crippen molar-refractivity contribution >= 4 is 11.3 Å². The Morgan fingerprint density at radius 1 is 0.964 bits per heavy atom. The van der Waals surface area contributed by atoms with Crippen molar-refractivity contribution in [2.45, 2.75) is 50.4 Å². The molecule has 3 nitrogen and oxygen atoms in total. The van der Waals surface area contributed by atoms with Crippen molar-refractivity contribution in [1.29, 1.82) is 0 Å². The minimum absolute atomic E-state index is 0.0138. The average Bonchev–Trinajstić information content (AvgIpc) is 3.45. The van der Waals surface area contributed by atoms with Crippen molar-refractivity contribution in [2.75, 3.05) is 0 Å².